The molecule has 22 heavy (non-hydrogen) atoms. The van der Waals surface area contributed by atoms with Crippen molar-refractivity contribution in [3.05, 3.63) is 65.6 Å². The fourth-order valence-corrected chi connectivity index (χ4v) is 2.85. The molecule has 0 unspecified atom stereocenters. The van der Waals surface area contributed by atoms with Gasteiger partial charge in [0.2, 0.25) is 0 Å². The first kappa shape index (κ1) is 13.0. The molecule has 4 heteroatoms. The molecule has 0 bridgehead atoms. The first-order chi connectivity index (χ1) is 10.9. The van der Waals surface area contributed by atoms with Crippen LogP contribution in [0.2, 0.25) is 0 Å². The number of nitrogens with one attached hydrogen (secondary N) is 1. The van der Waals surface area contributed by atoms with Crippen molar-refractivity contribution in [3.63, 3.8) is 0 Å². The third-order valence-electron chi connectivity index (χ3n) is 3.92. The molecule has 4 nitrogen and oxygen atoms in total. The van der Waals surface area contributed by atoms with Gasteiger partial charge >= 0.3 is 0 Å². The number of aromatic nitrogens is 3. The van der Waals surface area contributed by atoms with E-state index < -0.39 is 0 Å². The molecular weight excluding hydrogens is 272 g/mol. The van der Waals surface area contributed by atoms with E-state index in [0.717, 1.165) is 41.6 Å². The molecule has 108 valence electrons. The molecule has 0 radical (unpaired) electrons. The van der Waals surface area contributed by atoms with Crippen LogP contribution >= 0.6 is 0 Å². The van der Waals surface area contributed by atoms with Gasteiger partial charge in [-0.3, -0.25) is 15.1 Å². The van der Waals surface area contributed by atoms with E-state index in [1.165, 1.54) is 11.1 Å². The summed E-state index contributed by atoms with van der Waals surface area (Å²) in [5, 5.41) is 8.23. The Morgan fingerprint density at radius 2 is 2.14 bits per heavy atom. The predicted octanol–water partition coefficient (Wildman–Crippen LogP) is 3.62. The first-order valence-electron chi connectivity index (χ1n) is 7.49. The second-order valence-electron chi connectivity index (χ2n) is 5.46. The topological polar surface area (TPSA) is 53.9 Å². The third kappa shape index (κ3) is 2.44. The van der Waals surface area contributed by atoms with Gasteiger partial charge in [0.15, 0.2) is 0 Å². The van der Waals surface area contributed by atoms with E-state index in [1.807, 2.05) is 18.5 Å². The van der Waals surface area contributed by atoms with Crippen molar-refractivity contribution < 1.29 is 0 Å². The highest BCUT2D eigenvalue weighted by Crippen LogP contribution is 2.23. The molecule has 0 aliphatic carbocycles. The van der Waals surface area contributed by atoms with Gasteiger partial charge in [-0.1, -0.05) is 12.1 Å². The maximum absolute atomic E-state index is 4.72. The van der Waals surface area contributed by atoms with Gasteiger partial charge in [0, 0.05) is 29.9 Å². The Hall–Kier alpha value is -2.75. The SMILES string of the molecule is C(=C1/CCCN=C1c1cccnc1)/c1ccc2cn[nH]c2c1. The van der Waals surface area contributed by atoms with Crippen LogP contribution in [0, 0.1) is 0 Å². The summed E-state index contributed by atoms with van der Waals surface area (Å²) in [4.78, 5) is 8.93. The monoisotopic (exact) mass is 288 g/mol. The molecule has 4 rings (SSSR count). The second kappa shape index (κ2) is 5.56. The van der Waals surface area contributed by atoms with E-state index in [-0.39, 0.29) is 0 Å². The number of H-pyrrole nitrogens is 1. The zero-order valence-corrected chi connectivity index (χ0v) is 12.2. The van der Waals surface area contributed by atoms with Gasteiger partial charge in [0.25, 0.3) is 0 Å². The molecule has 0 atom stereocenters. The highest BCUT2D eigenvalue weighted by molar-refractivity contribution is 6.15. The minimum Gasteiger partial charge on any atom is -0.284 e. The number of hydrogen-bond donors (Lipinski definition) is 1. The fraction of sp³-hybridized carbons (Fsp3) is 0.167. The van der Waals surface area contributed by atoms with Crippen molar-refractivity contribution >= 4 is 22.7 Å². The average molecular weight is 288 g/mol. The average Bonchev–Trinajstić information content (AvgIpc) is 3.04. The Bertz CT molecular complexity index is 859. The van der Waals surface area contributed by atoms with Crippen molar-refractivity contribution in [2.45, 2.75) is 12.8 Å². The van der Waals surface area contributed by atoms with Crippen LogP contribution in [-0.4, -0.2) is 27.4 Å². The van der Waals surface area contributed by atoms with E-state index >= 15 is 0 Å². The van der Waals surface area contributed by atoms with Crippen molar-refractivity contribution in [1.29, 1.82) is 0 Å². The largest absolute Gasteiger partial charge is 0.284 e. The molecule has 0 saturated carbocycles. The Morgan fingerprint density at radius 3 is 3.05 bits per heavy atom. The molecule has 0 fully saturated rings. The van der Waals surface area contributed by atoms with Crippen molar-refractivity contribution in [2.24, 2.45) is 4.99 Å². The van der Waals surface area contributed by atoms with Gasteiger partial charge in [-0.15, -0.1) is 0 Å². The van der Waals surface area contributed by atoms with Crippen molar-refractivity contribution in [3.8, 4) is 0 Å². The van der Waals surface area contributed by atoms with E-state index in [4.69, 9.17) is 4.99 Å². The fourth-order valence-electron chi connectivity index (χ4n) is 2.85. The number of fused-ring (bicyclic) bond motifs is 1. The van der Waals surface area contributed by atoms with E-state index in [0.29, 0.717) is 0 Å². The summed E-state index contributed by atoms with van der Waals surface area (Å²) in [5.41, 5.74) is 5.67. The summed E-state index contributed by atoms with van der Waals surface area (Å²) in [6.07, 6.45) is 9.90. The number of pyridine rings is 1. The summed E-state index contributed by atoms with van der Waals surface area (Å²) in [5.74, 6) is 0. The lowest BCUT2D eigenvalue weighted by Gasteiger charge is -2.16. The molecule has 3 heterocycles. The standard InChI is InChI=1S/C18H16N4/c1-4-16(11-19-7-1)18-14(3-2-8-20-18)9-13-5-6-15-12-21-22-17(15)10-13/h1,4-7,9-12H,2-3,8H2,(H,21,22)/b14-9+. The van der Waals surface area contributed by atoms with Gasteiger partial charge in [-0.2, -0.15) is 5.10 Å². The molecule has 0 saturated heterocycles. The number of benzene rings is 1. The number of hydrogen-bond acceptors (Lipinski definition) is 3. The maximum atomic E-state index is 4.72. The van der Waals surface area contributed by atoms with Crippen molar-refractivity contribution in [2.75, 3.05) is 6.54 Å². The lowest BCUT2D eigenvalue weighted by Crippen LogP contribution is -2.11. The Labute approximate surface area is 128 Å². The minimum atomic E-state index is 0.890. The van der Waals surface area contributed by atoms with Crippen LogP contribution in [0.3, 0.4) is 0 Å². The second-order valence-corrected chi connectivity index (χ2v) is 5.46. The first-order valence-corrected chi connectivity index (χ1v) is 7.49. The lowest BCUT2D eigenvalue weighted by molar-refractivity contribution is 0.818. The summed E-state index contributed by atoms with van der Waals surface area (Å²) in [6.45, 7) is 0.890. The highest BCUT2D eigenvalue weighted by atomic mass is 15.1. The zero-order chi connectivity index (χ0) is 14.8. The molecule has 1 aromatic carbocycles. The van der Waals surface area contributed by atoms with Gasteiger partial charge in [0.1, 0.15) is 0 Å². The molecule has 0 amide bonds. The van der Waals surface area contributed by atoms with Gasteiger partial charge in [-0.25, -0.2) is 0 Å². The molecule has 0 spiro atoms. The lowest BCUT2D eigenvalue weighted by atomic mass is 9.95. The summed E-state index contributed by atoms with van der Waals surface area (Å²) >= 11 is 0. The zero-order valence-electron chi connectivity index (χ0n) is 12.2. The van der Waals surface area contributed by atoms with Crippen LogP contribution in [0.15, 0.2) is 59.5 Å². The van der Waals surface area contributed by atoms with Crippen LogP contribution in [0.25, 0.3) is 17.0 Å². The van der Waals surface area contributed by atoms with Crippen LogP contribution in [-0.2, 0) is 0 Å². The van der Waals surface area contributed by atoms with Crippen molar-refractivity contribution in [1.82, 2.24) is 15.2 Å². The van der Waals surface area contributed by atoms with E-state index in [9.17, 15) is 0 Å². The highest BCUT2D eigenvalue weighted by Gasteiger charge is 2.14. The molecular formula is C18H16N4. The van der Waals surface area contributed by atoms with Crippen LogP contribution in [0.4, 0.5) is 0 Å². The number of aliphatic imine (C=N–C) groups is 1. The Kier molecular flexibility index (Phi) is 3.27. The molecule has 3 aromatic rings. The summed E-state index contributed by atoms with van der Waals surface area (Å²) in [7, 11) is 0. The summed E-state index contributed by atoms with van der Waals surface area (Å²) in [6, 6.07) is 10.4. The van der Waals surface area contributed by atoms with Gasteiger partial charge < -0.3 is 0 Å². The molecule has 1 aliphatic heterocycles. The number of allylic oxidation sites excluding steroid dienone is 1. The predicted molar refractivity (Wildman–Crippen MR) is 88.9 cm³/mol. The number of nitrogens with zero attached hydrogens (tertiary/aromatic N) is 3. The smallest absolute Gasteiger partial charge is 0.0694 e. The van der Waals surface area contributed by atoms with Crippen LogP contribution in [0.1, 0.15) is 24.0 Å². The minimum absolute atomic E-state index is 0.890. The molecule has 1 N–H and O–H groups in total. The van der Waals surface area contributed by atoms with E-state index in [2.05, 4.69) is 45.5 Å². The van der Waals surface area contributed by atoms with E-state index in [1.54, 1.807) is 6.20 Å². The normalized spacial score (nSPS) is 16.9. The summed E-state index contributed by atoms with van der Waals surface area (Å²) < 4.78 is 0. The molecule has 2 aromatic heterocycles. The third-order valence-corrected chi connectivity index (χ3v) is 3.92. The molecule has 1 aliphatic rings. The quantitative estimate of drug-likeness (QED) is 0.783. The van der Waals surface area contributed by atoms with Crippen LogP contribution < -0.4 is 0 Å². The number of aromatic amines is 1. The van der Waals surface area contributed by atoms with Gasteiger partial charge in [-0.05, 0) is 48.3 Å². The van der Waals surface area contributed by atoms with Crippen LogP contribution in [0.5, 0.6) is 0 Å². The van der Waals surface area contributed by atoms with Gasteiger partial charge in [0.05, 0.1) is 17.4 Å². The number of rotatable bonds is 2. The Morgan fingerprint density at radius 1 is 1.14 bits per heavy atom. The Balaban J connectivity index is 1.75. The maximum Gasteiger partial charge on any atom is 0.0694 e.